The number of carbonyl (C=O) groups excluding carboxylic acids is 2. The summed E-state index contributed by atoms with van der Waals surface area (Å²) in [5, 5.41) is 9.55. The summed E-state index contributed by atoms with van der Waals surface area (Å²) in [4.78, 5) is 25.6. The third-order valence-corrected chi connectivity index (χ3v) is 7.51. The minimum atomic E-state index is -4.53. The van der Waals surface area contributed by atoms with Crippen LogP contribution in [-0.4, -0.2) is 28.1 Å². The van der Waals surface area contributed by atoms with E-state index in [0.717, 1.165) is 31.4 Å². The highest BCUT2D eigenvalue weighted by molar-refractivity contribution is 5.93. The Hall–Kier alpha value is -2.84. The van der Waals surface area contributed by atoms with Crippen molar-refractivity contribution in [3.05, 3.63) is 42.2 Å². The van der Waals surface area contributed by atoms with Gasteiger partial charge in [-0.15, -0.1) is 0 Å². The Morgan fingerprint density at radius 2 is 1.76 bits per heavy atom. The fraction of sp³-hybridized carbons (Fsp3) is 0.542. The van der Waals surface area contributed by atoms with Gasteiger partial charge in [0.05, 0.1) is 16.9 Å². The maximum atomic E-state index is 13.2. The molecule has 4 saturated carbocycles. The van der Waals surface area contributed by atoms with E-state index in [9.17, 15) is 22.8 Å². The quantitative estimate of drug-likeness (QED) is 0.664. The zero-order valence-corrected chi connectivity index (χ0v) is 18.2. The predicted octanol–water partition coefficient (Wildman–Crippen LogP) is 4.55. The second-order valence-electron chi connectivity index (χ2n) is 9.93. The lowest BCUT2D eigenvalue weighted by Crippen LogP contribution is -2.53. The Bertz CT molecular complexity index is 1010. The molecule has 1 aromatic carbocycles. The van der Waals surface area contributed by atoms with Gasteiger partial charge >= 0.3 is 6.18 Å². The number of carbonyl (C=O) groups is 2. The van der Waals surface area contributed by atoms with Crippen LogP contribution in [0.2, 0.25) is 0 Å². The molecule has 4 aliphatic rings. The number of hydrogen-bond acceptors (Lipinski definition) is 3. The molecule has 1 aromatic heterocycles. The smallest absolute Gasteiger partial charge is 0.355 e. The molecular formula is C24H27F3N4O2. The molecule has 1 heterocycles. The van der Waals surface area contributed by atoms with E-state index >= 15 is 0 Å². The number of nitrogens with zero attached hydrogens (tertiary/aromatic N) is 2. The second-order valence-corrected chi connectivity index (χ2v) is 9.93. The number of alkyl halides is 3. The van der Waals surface area contributed by atoms with Crippen molar-refractivity contribution in [2.75, 3.05) is 11.9 Å². The summed E-state index contributed by atoms with van der Waals surface area (Å²) in [6.45, 7) is 0.155. The second kappa shape index (κ2) is 8.18. The van der Waals surface area contributed by atoms with Gasteiger partial charge in [0.1, 0.15) is 0 Å². The van der Waals surface area contributed by atoms with Crippen molar-refractivity contribution in [2.45, 2.75) is 51.1 Å². The molecule has 4 aliphatic carbocycles. The van der Waals surface area contributed by atoms with Crippen molar-refractivity contribution in [3.63, 3.8) is 0 Å². The Morgan fingerprint density at radius 1 is 1.09 bits per heavy atom. The minimum Gasteiger partial charge on any atom is -0.355 e. The molecule has 0 radical (unpaired) electrons. The van der Waals surface area contributed by atoms with Crippen LogP contribution in [0.3, 0.4) is 0 Å². The molecule has 33 heavy (non-hydrogen) atoms. The largest absolute Gasteiger partial charge is 0.416 e. The van der Waals surface area contributed by atoms with Gasteiger partial charge in [0.25, 0.3) is 0 Å². The van der Waals surface area contributed by atoms with Crippen LogP contribution in [0.15, 0.2) is 36.7 Å². The molecule has 0 aliphatic heterocycles. The summed E-state index contributed by atoms with van der Waals surface area (Å²) < 4.78 is 41.0. The number of anilines is 1. The van der Waals surface area contributed by atoms with Gasteiger partial charge in [0.2, 0.25) is 11.8 Å². The van der Waals surface area contributed by atoms with Gasteiger partial charge in [-0.25, -0.2) is 4.68 Å². The van der Waals surface area contributed by atoms with E-state index in [2.05, 4.69) is 15.7 Å². The van der Waals surface area contributed by atoms with Crippen molar-refractivity contribution in [2.24, 2.45) is 23.2 Å². The van der Waals surface area contributed by atoms with Crippen LogP contribution >= 0.6 is 0 Å². The topological polar surface area (TPSA) is 76.0 Å². The monoisotopic (exact) mass is 460 g/mol. The molecule has 2 amide bonds. The highest BCUT2D eigenvalue weighted by atomic mass is 19.4. The molecule has 6 rings (SSSR count). The first kappa shape index (κ1) is 22.0. The third-order valence-electron chi connectivity index (χ3n) is 7.51. The fourth-order valence-electron chi connectivity index (χ4n) is 6.50. The van der Waals surface area contributed by atoms with Crippen LogP contribution in [0, 0.1) is 23.2 Å². The average Bonchev–Trinajstić information content (AvgIpc) is 3.26. The molecule has 0 spiro atoms. The van der Waals surface area contributed by atoms with Gasteiger partial charge in [-0.1, -0.05) is 0 Å². The van der Waals surface area contributed by atoms with E-state index in [1.165, 1.54) is 36.2 Å². The highest BCUT2D eigenvalue weighted by Gasteiger charge is 2.54. The highest BCUT2D eigenvalue weighted by Crippen LogP contribution is 2.60. The molecule has 0 saturated heterocycles. The lowest BCUT2D eigenvalue weighted by atomic mass is 9.49. The van der Waals surface area contributed by atoms with Crippen molar-refractivity contribution in [1.29, 1.82) is 0 Å². The molecule has 2 aromatic rings. The zero-order valence-electron chi connectivity index (χ0n) is 18.2. The van der Waals surface area contributed by atoms with E-state index in [1.54, 1.807) is 12.3 Å². The number of rotatable bonds is 6. The summed E-state index contributed by atoms with van der Waals surface area (Å²) in [7, 11) is 0. The van der Waals surface area contributed by atoms with E-state index < -0.39 is 17.6 Å². The summed E-state index contributed by atoms with van der Waals surface area (Å²) in [5.74, 6) is 1.50. The first-order valence-corrected chi connectivity index (χ1v) is 11.5. The lowest BCUT2D eigenvalue weighted by Gasteiger charge is -2.55. The maximum absolute atomic E-state index is 13.2. The zero-order chi connectivity index (χ0) is 23.2. The molecular weight excluding hydrogens is 433 g/mol. The van der Waals surface area contributed by atoms with Gasteiger partial charge in [-0.2, -0.15) is 18.3 Å². The average molecular weight is 461 g/mol. The standard InChI is InChI=1S/C24H27F3N4O2/c25-24(26,27)18-2-3-20(31-7-1-5-29-31)19(11-18)30-21(32)4-6-28-22(33)23-12-15-8-16(13-23)10-17(9-15)14-23/h1-3,5,7,11,15-17H,4,6,8-10,12-14H2,(H,28,33)(H,30,32). The molecule has 176 valence electrons. The lowest BCUT2D eigenvalue weighted by molar-refractivity contribution is -0.146. The summed E-state index contributed by atoms with van der Waals surface area (Å²) in [6.07, 6.45) is 5.07. The van der Waals surface area contributed by atoms with Gasteiger partial charge in [0.15, 0.2) is 0 Å². The Kier molecular flexibility index (Phi) is 5.45. The minimum absolute atomic E-state index is 0.0194. The summed E-state index contributed by atoms with van der Waals surface area (Å²) in [6, 6.07) is 4.78. The first-order chi connectivity index (χ1) is 15.7. The van der Waals surface area contributed by atoms with E-state index in [1.807, 2.05) is 0 Å². The molecule has 4 bridgehead atoms. The molecule has 9 heteroatoms. The van der Waals surface area contributed by atoms with Crippen molar-refractivity contribution in [3.8, 4) is 5.69 Å². The Labute approximate surface area is 189 Å². The van der Waals surface area contributed by atoms with Crippen molar-refractivity contribution in [1.82, 2.24) is 15.1 Å². The van der Waals surface area contributed by atoms with Crippen LogP contribution in [0.25, 0.3) is 5.69 Å². The predicted molar refractivity (Wildman–Crippen MR) is 115 cm³/mol. The van der Waals surface area contributed by atoms with Crippen molar-refractivity contribution < 1.29 is 22.8 Å². The van der Waals surface area contributed by atoms with Crippen LogP contribution in [0.5, 0.6) is 0 Å². The van der Waals surface area contributed by atoms with E-state index in [-0.39, 0.29) is 30.0 Å². The summed E-state index contributed by atoms with van der Waals surface area (Å²) in [5.41, 5.74) is -0.798. The van der Waals surface area contributed by atoms with Crippen LogP contribution < -0.4 is 10.6 Å². The molecule has 2 N–H and O–H groups in total. The van der Waals surface area contributed by atoms with Crippen molar-refractivity contribution >= 4 is 17.5 Å². The Morgan fingerprint density at radius 3 is 2.33 bits per heavy atom. The number of aromatic nitrogens is 2. The van der Waals surface area contributed by atoms with Crippen LogP contribution in [-0.2, 0) is 15.8 Å². The van der Waals surface area contributed by atoms with Crippen LogP contribution in [0.4, 0.5) is 18.9 Å². The number of nitrogens with one attached hydrogen (secondary N) is 2. The molecule has 0 unspecified atom stereocenters. The van der Waals surface area contributed by atoms with Gasteiger partial charge in [0, 0.05) is 30.8 Å². The van der Waals surface area contributed by atoms with Crippen LogP contribution in [0.1, 0.15) is 50.5 Å². The third kappa shape index (κ3) is 4.37. The van der Waals surface area contributed by atoms with E-state index in [4.69, 9.17) is 0 Å². The molecule has 4 fully saturated rings. The summed E-state index contributed by atoms with van der Waals surface area (Å²) >= 11 is 0. The number of amides is 2. The molecule has 6 nitrogen and oxygen atoms in total. The maximum Gasteiger partial charge on any atom is 0.416 e. The van der Waals surface area contributed by atoms with Gasteiger partial charge < -0.3 is 10.6 Å². The number of hydrogen-bond donors (Lipinski definition) is 2. The van der Waals surface area contributed by atoms with Gasteiger partial charge in [-0.3, -0.25) is 9.59 Å². The number of halogens is 3. The normalized spacial score (nSPS) is 28.0. The van der Waals surface area contributed by atoms with E-state index in [0.29, 0.717) is 23.4 Å². The first-order valence-electron chi connectivity index (χ1n) is 11.5. The number of benzene rings is 1. The van der Waals surface area contributed by atoms with Gasteiger partial charge in [-0.05, 0) is 80.5 Å². The SMILES string of the molecule is O=C(CCNC(=O)C12CC3CC(CC(C3)C1)C2)Nc1cc(C(F)(F)F)ccc1-n1cccn1. The Balaban J connectivity index is 1.22. The molecule has 0 atom stereocenters. The fourth-order valence-corrected chi connectivity index (χ4v) is 6.50.